The number of hydrogen-bond donors (Lipinski definition) is 1. The van der Waals surface area contributed by atoms with Crippen LogP contribution in [0.25, 0.3) is 0 Å². The van der Waals surface area contributed by atoms with E-state index in [1.165, 1.54) is 12.8 Å². The number of rotatable bonds is 6. The number of aromatic nitrogens is 2. The molecule has 1 aromatic carbocycles. The predicted molar refractivity (Wildman–Crippen MR) is 89.8 cm³/mol. The fourth-order valence-corrected chi connectivity index (χ4v) is 2.64. The Morgan fingerprint density at radius 3 is 2.65 bits per heavy atom. The second-order valence-corrected chi connectivity index (χ2v) is 6.38. The van der Waals surface area contributed by atoms with Crippen molar-refractivity contribution in [2.24, 2.45) is 5.92 Å². The van der Waals surface area contributed by atoms with Crippen molar-refractivity contribution < 1.29 is 9.53 Å². The Bertz CT molecular complexity index is 679. The maximum atomic E-state index is 12.3. The first kappa shape index (κ1) is 15.9. The lowest BCUT2D eigenvalue weighted by Gasteiger charge is -2.18. The van der Waals surface area contributed by atoms with Crippen LogP contribution in [0.15, 0.2) is 36.5 Å². The molecule has 1 heterocycles. The van der Waals surface area contributed by atoms with E-state index in [4.69, 9.17) is 16.3 Å². The molecule has 0 aliphatic heterocycles. The molecule has 1 aliphatic carbocycles. The Morgan fingerprint density at radius 1 is 1.30 bits per heavy atom. The molecule has 0 bridgehead atoms. The van der Waals surface area contributed by atoms with Crippen LogP contribution in [0.1, 0.15) is 32.7 Å². The van der Waals surface area contributed by atoms with E-state index in [0.717, 1.165) is 0 Å². The standard InChI is InChI=1S/C17H20ClN3O2/c1-11(13-3-4-13)21-16(9-10-19-21)20-17(22)12(2)23-15-7-5-14(18)6-8-15/h5-13H,3-4H2,1-2H3,(H,20,22)/t11-,12-/m0/s1. The van der Waals surface area contributed by atoms with Gasteiger partial charge in [-0.3, -0.25) is 4.79 Å². The smallest absolute Gasteiger partial charge is 0.266 e. The summed E-state index contributed by atoms with van der Waals surface area (Å²) in [5.41, 5.74) is 0. The molecular formula is C17H20ClN3O2. The van der Waals surface area contributed by atoms with Crippen molar-refractivity contribution >= 4 is 23.3 Å². The van der Waals surface area contributed by atoms with E-state index in [0.29, 0.717) is 28.5 Å². The molecule has 6 heteroatoms. The fraction of sp³-hybridized carbons (Fsp3) is 0.412. The van der Waals surface area contributed by atoms with Crippen LogP contribution >= 0.6 is 11.6 Å². The van der Waals surface area contributed by atoms with E-state index in [1.807, 2.05) is 10.7 Å². The zero-order valence-electron chi connectivity index (χ0n) is 13.2. The molecule has 1 fully saturated rings. The first-order chi connectivity index (χ1) is 11.0. The van der Waals surface area contributed by atoms with Crippen molar-refractivity contribution in [3.05, 3.63) is 41.6 Å². The van der Waals surface area contributed by atoms with Crippen LogP contribution in [-0.4, -0.2) is 21.8 Å². The number of halogens is 1. The number of carbonyl (C=O) groups is 1. The largest absolute Gasteiger partial charge is 0.481 e. The molecule has 0 radical (unpaired) electrons. The third-order valence-corrected chi connectivity index (χ3v) is 4.36. The van der Waals surface area contributed by atoms with E-state index in [2.05, 4.69) is 17.3 Å². The molecule has 2 aromatic rings. The van der Waals surface area contributed by atoms with Gasteiger partial charge >= 0.3 is 0 Å². The molecular weight excluding hydrogens is 314 g/mol. The van der Waals surface area contributed by atoms with Crippen LogP contribution in [0.3, 0.4) is 0 Å². The summed E-state index contributed by atoms with van der Waals surface area (Å²) in [5, 5.41) is 7.86. The summed E-state index contributed by atoms with van der Waals surface area (Å²) in [6, 6.07) is 9.05. The van der Waals surface area contributed by atoms with Crippen LogP contribution in [0.5, 0.6) is 5.75 Å². The minimum atomic E-state index is -0.615. The van der Waals surface area contributed by atoms with Crippen LogP contribution < -0.4 is 10.1 Å². The highest BCUT2D eigenvalue weighted by atomic mass is 35.5. The summed E-state index contributed by atoms with van der Waals surface area (Å²) in [6.07, 6.45) is 3.55. The second-order valence-electron chi connectivity index (χ2n) is 5.94. The van der Waals surface area contributed by atoms with Crippen LogP contribution in [0.2, 0.25) is 5.02 Å². The number of hydrogen-bond acceptors (Lipinski definition) is 3. The van der Waals surface area contributed by atoms with Gasteiger partial charge in [0, 0.05) is 11.1 Å². The average Bonchev–Trinajstić information content (AvgIpc) is 3.29. The molecule has 0 saturated heterocycles. The van der Waals surface area contributed by atoms with Gasteiger partial charge in [0.25, 0.3) is 5.91 Å². The lowest BCUT2D eigenvalue weighted by Crippen LogP contribution is -2.31. The van der Waals surface area contributed by atoms with Crippen molar-refractivity contribution in [2.75, 3.05) is 5.32 Å². The molecule has 1 amide bonds. The number of nitrogens with zero attached hydrogens (tertiary/aromatic N) is 2. The fourth-order valence-electron chi connectivity index (χ4n) is 2.51. The highest BCUT2D eigenvalue weighted by Gasteiger charge is 2.31. The predicted octanol–water partition coefficient (Wildman–Crippen LogP) is 3.91. The van der Waals surface area contributed by atoms with Gasteiger partial charge in [-0.15, -0.1) is 0 Å². The van der Waals surface area contributed by atoms with Gasteiger partial charge in [-0.25, -0.2) is 4.68 Å². The average molecular weight is 334 g/mol. The number of anilines is 1. The normalized spacial score (nSPS) is 16.7. The molecule has 1 aromatic heterocycles. The number of ether oxygens (including phenoxy) is 1. The Balaban J connectivity index is 1.62. The van der Waals surface area contributed by atoms with Gasteiger partial charge in [-0.05, 0) is 56.9 Å². The molecule has 1 saturated carbocycles. The number of benzene rings is 1. The summed E-state index contributed by atoms with van der Waals surface area (Å²) >= 11 is 5.84. The quantitative estimate of drug-likeness (QED) is 0.871. The van der Waals surface area contributed by atoms with Gasteiger partial charge in [0.1, 0.15) is 11.6 Å². The molecule has 3 rings (SSSR count). The van der Waals surface area contributed by atoms with Crippen molar-refractivity contribution in [1.29, 1.82) is 0 Å². The Kier molecular flexibility index (Phi) is 4.57. The minimum Gasteiger partial charge on any atom is -0.481 e. The van der Waals surface area contributed by atoms with Crippen LogP contribution in [-0.2, 0) is 4.79 Å². The topological polar surface area (TPSA) is 56.1 Å². The van der Waals surface area contributed by atoms with Gasteiger partial charge in [0.2, 0.25) is 0 Å². The summed E-state index contributed by atoms with van der Waals surface area (Å²) < 4.78 is 7.52. The zero-order valence-corrected chi connectivity index (χ0v) is 14.0. The zero-order chi connectivity index (χ0) is 16.4. The lowest BCUT2D eigenvalue weighted by atomic mass is 10.2. The van der Waals surface area contributed by atoms with Crippen LogP contribution in [0.4, 0.5) is 5.82 Å². The summed E-state index contributed by atoms with van der Waals surface area (Å²) in [6.45, 7) is 3.85. The minimum absolute atomic E-state index is 0.204. The van der Waals surface area contributed by atoms with Crippen molar-refractivity contribution in [3.63, 3.8) is 0 Å². The molecule has 0 spiro atoms. The highest BCUT2D eigenvalue weighted by molar-refractivity contribution is 6.30. The first-order valence-corrected chi connectivity index (χ1v) is 8.19. The maximum absolute atomic E-state index is 12.3. The van der Waals surface area contributed by atoms with E-state index in [-0.39, 0.29) is 5.91 Å². The third kappa shape index (κ3) is 3.85. The second kappa shape index (κ2) is 6.62. The Labute approximate surface area is 140 Å². The molecule has 5 nitrogen and oxygen atoms in total. The van der Waals surface area contributed by atoms with Gasteiger partial charge in [-0.1, -0.05) is 11.6 Å². The molecule has 1 N–H and O–H groups in total. The highest BCUT2D eigenvalue weighted by Crippen LogP contribution is 2.40. The van der Waals surface area contributed by atoms with E-state index in [9.17, 15) is 4.79 Å². The molecule has 23 heavy (non-hydrogen) atoms. The van der Waals surface area contributed by atoms with E-state index < -0.39 is 6.10 Å². The summed E-state index contributed by atoms with van der Waals surface area (Å²) in [5.74, 6) is 1.77. The van der Waals surface area contributed by atoms with E-state index in [1.54, 1.807) is 37.4 Å². The summed E-state index contributed by atoms with van der Waals surface area (Å²) in [7, 11) is 0. The monoisotopic (exact) mass is 333 g/mol. The van der Waals surface area contributed by atoms with Crippen molar-refractivity contribution in [1.82, 2.24) is 9.78 Å². The van der Waals surface area contributed by atoms with Gasteiger partial charge < -0.3 is 10.1 Å². The SMILES string of the molecule is C[C@H](Oc1ccc(Cl)cc1)C(=O)Nc1ccnn1[C@@H](C)C1CC1. The molecule has 0 unspecified atom stereocenters. The molecule has 122 valence electrons. The van der Waals surface area contributed by atoms with Gasteiger partial charge in [0.05, 0.1) is 12.2 Å². The lowest BCUT2D eigenvalue weighted by molar-refractivity contribution is -0.122. The number of carbonyl (C=O) groups excluding carboxylic acids is 1. The van der Waals surface area contributed by atoms with E-state index >= 15 is 0 Å². The number of amides is 1. The summed E-state index contributed by atoms with van der Waals surface area (Å²) in [4.78, 5) is 12.3. The third-order valence-electron chi connectivity index (χ3n) is 4.11. The van der Waals surface area contributed by atoms with Crippen molar-refractivity contribution in [2.45, 2.75) is 38.8 Å². The van der Waals surface area contributed by atoms with Gasteiger partial charge in [0.15, 0.2) is 6.10 Å². The number of nitrogens with one attached hydrogen (secondary N) is 1. The first-order valence-electron chi connectivity index (χ1n) is 7.81. The Hall–Kier alpha value is -2.01. The van der Waals surface area contributed by atoms with Crippen LogP contribution in [0, 0.1) is 5.92 Å². The molecule has 1 aliphatic rings. The van der Waals surface area contributed by atoms with Gasteiger partial charge in [-0.2, -0.15) is 5.10 Å². The molecule has 2 atom stereocenters. The Morgan fingerprint density at radius 2 is 2.00 bits per heavy atom. The van der Waals surface area contributed by atoms with Crippen molar-refractivity contribution in [3.8, 4) is 5.75 Å². The maximum Gasteiger partial charge on any atom is 0.266 e.